The van der Waals surface area contributed by atoms with Crippen LogP contribution in [-0.2, 0) is 11.3 Å². The molecule has 8 nitrogen and oxygen atoms in total. The number of hydrogen-bond donors (Lipinski definition) is 3. The third-order valence-corrected chi connectivity index (χ3v) is 2.97. The first kappa shape index (κ1) is 17.0. The first-order valence-corrected chi connectivity index (χ1v) is 6.34. The van der Waals surface area contributed by atoms with Crippen LogP contribution in [0.25, 0.3) is 0 Å². The smallest absolute Gasteiger partial charge is 0.343 e. The van der Waals surface area contributed by atoms with Gasteiger partial charge in [-0.1, -0.05) is 12.1 Å². The van der Waals surface area contributed by atoms with Crippen molar-refractivity contribution in [3.63, 3.8) is 0 Å². The van der Waals surface area contributed by atoms with Crippen molar-refractivity contribution in [2.75, 3.05) is 20.3 Å². The summed E-state index contributed by atoms with van der Waals surface area (Å²) >= 11 is 0. The highest BCUT2D eigenvalue weighted by atomic mass is 16.6. The lowest BCUT2D eigenvalue weighted by Crippen LogP contribution is -2.34. The number of aliphatic hydroxyl groups excluding tert-OH is 1. The summed E-state index contributed by atoms with van der Waals surface area (Å²) in [6, 6.07) is 3.96. The standard InChI is InChI=1S/C13H18N2O6/c1-21-8-10(5-6-16)14-7-9-3-2-4-11(15(19)20)12(9)13(17)18/h2-4,10,14,16H,5-8H2,1H3,(H,17,18). The summed E-state index contributed by atoms with van der Waals surface area (Å²) in [7, 11) is 1.52. The zero-order valence-corrected chi connectivity index (χ0v) is 11.6. The van der Waals surface area contributed by atoms with Crippen LogP contribution in [0.3, 0.4) is 0 Å². The number of nitrogens with one attached hydrogen (secondary N) is 1. The van der Waals surface area contributed by atoms with E-state index in [1.54, 1.807) is 0 Å². The van der Waals surface area contributed by atoms with E-state index in [0.717, 1.165) is 6.07 Å². The van der Waals surface area contributed by atoms with Crippen LogP contribution < -0.4 is 5.32 Å². The largest absolute Gasteiger partial charge is 0.477 e. The van der Waals surface area contributed by atoms with Crippen LogP contribution in [0.2, 0.25) is 0 Å². The van der Waals surface area contributed by atoms with Crippen molar-refractivity contribution in [3.05, 3.63) is 39.4 Å². The highest BCUT2D eigenvalue weighted by Crippen LogP contribution is 2.22. The topological polar surface area (TPSA) is 122 Å². The lowest BCUT2D eigenvalue weighted by Gasteiger charge is -2.17. The van der Waals surface area contributed by atoms with E-state index in [0.29, 0.717) is 18.6 Å². The first-order valence-electron chi connectivity index (χ1n) is 6.34. The molecule has 0 bridgehead atoms. The SMILES string of the molecule is COCC(CCO)NCc1cccc([N+](=O)[O-])c1C(=O)O. The van der Waals surface area contributed by atoms with Crippen LogP contribution in [-0.4, -0.2) is 47.5 Å². The summed E-state index contributed by atoms with van der Waals surface area (Å²) in [5.74, 6) is -1.34. The van der Waals surface area contributed by atoms with Gasteiger partial charge in [0.05, 0.1) is 11.5 Å². The molecule has 0 fully saturated rings. The second-order valence-electron chi connectivity index (χ2n) is 4.42. The van der Waals surface area contributed by atoms with Gasteiger partial charge in [-0.15, -0.1) is 0 Å². The van der Waals surface area contributed by atoms with Gasteiger partial charge < -0.3 is 20.3 Å². The summed E-state index contributed by atoms with van der Waals surface area (Å²) in [5, 5.41) is 32.0. The number of carbonyl (C=O) groups is 1. The second kappa shape index (κ2) is 8.30. The molecule has 21 heavy (non-hydrogen) atoms. The van der Waals surface area contributed by atoms with Gasteiger partial charge in [0.2, 0.25) is 0 Å². The molecular formula is C13H18N2O6. The van der Waals surface area contributed by atoms with Gasteiger partial charge in [-0.05, 0) is 12.0 Å². The van der Waals surface area contributed by atoms with Crippen molar-refractivity contribution in [1.29, 1.82) is 0 Å². The highest BCUT2D eigenvalue weighted by molar-refractivity contribution is 5.94. The van der Waals surface area contributed by atoms with Gasteiger partial charge in [0.25, 0.3) is 5.69 Å². The van der Waals surface area contributed by atoms with Crippen molar-refractivity contribution in [1.82, 2.24) is 5.32 Å². The van der Waals surface area contributed by atoms with Crippen LogP contribution in [0.5, 0.6) is 0 Å². The molecule has 1 unspecified atom stereocenters. The fourth-order valence-corrected chi connectivity index (χ4v) is 1.99. The number of carboxylic acid groups (broad SMARTS) is 1. The maximum absolute atomic E-state index is 11.2. The summed E-state index contributed by atoms with van der Waals surface area (Å²) in [4.78, 5) is 21.4. The van der Waals surface area contributed by atoms with Crippen LogP contribution in [0.1, 0.15) is 22.3 Å². The summed E-state index contributed by atoms with van der Waals surface area (Å²) in [6.45, 7) is 0.441. The normalized spacial score (nSPS) is 12.1. The van der Waals surface area contributed by atoms with Gasteiger partial charge in [-0.3, -0.25) is 10.1 Å². The Bertz CT molecular complexity index is 499. The molecule has 0 heterocycles. The maximum atomic E-state index is 11.2. The van der Waals surface area contributed by atoms with Gasteiger partial charge in [0.1, 0.15) is 5.56 Å². The van der Waals surface area contributed by atoms with Gasteiger partial charge in [0, 0.05) is 32.4 Å². The molecule has 0 spiro atoms. The second-order valence-corrected chi connectivity index (χ2v) is 4.42. The molecule has 116 valence electrons. The molecule has 1 atom stereocenters. The number of ether oxygens (including phenoxy) is 1. The van der Waals surface area contributed by atoms with Crippen LogP contribution in [0.4, 0.5) is 5.69 Å². The number of nitro benzene ring substituents is 1. The zero-order valence-electron chi connectivity index (χ0n) is 11.6. The van der Waals surface area contributed by atoms with E-state index < -0.39 is 16.6 Å². The third kappa shape index (κ3) is 4.78. The van der Waals surface area contributed by atoms with Crippen molar-refractivity contribution in [3.8, 4) is 0 Å². The predicted molar refractivity (Wildman–Crippen MR) is 74.3 cm³/mol. The minimum atomic E-state index is -1.34. The van der Waals surface area contributed by atoms with Crippen molar-refractivity contribution < 1.29 is 24.7 Å². The highest BCUT2D eigenvalue weighted by Gasteiger charge is 2.23. The Kier molecular flexibility index (Phi) is 6.73. The quantitative estimate of drug-likeness (QED) is 0.455. The number of nitrogens with zero attached hydrogens (tertiary/aromatic N) is 1. The molecule has 3 N–H and O–H groups in total. The lowest BCUT2D eigenvalue weighted by atomic mass is 10.0. The molecule has 0 amide bonds. The van der Waals surface area contributed by atoms with Crippen LogP contribution >= 0.6 is 0 Å². The molecule has 0 saturated heterocycles. The van der Waals surface area contributed by atoms with Crippen molar-refractivity contribution in [2.24, 2.45) is 0 Å². The fourth-order valence-electron chi connectivity index (χ4n) is 1.99. The number of nitro groups is 1. The monoisotopic (exact) mass is 298 g/mol. The van der Waals surface area contributed by atoms with E-state index in [1.807, 2.05) is 0 Å². The first-order chi connectivity index (χ1) is 10.0. The van der Waals surface area contributed by atoms with E-state index in [4.69, 9.17) is 9.84 Å². The average Bonchev–Trinajstić information content (AvgIpc) is 2.44. The minimum Gasteiger partial charge on any atom is -0.477 e. The number of methoxy groups -OCH3 is 1. The van der Waals surface area contributed by atoms with E-state index >= 15 is 0 Å². The van der Waals surface area contributed by atoms with Gasteiger partial charge in [-0.25, -0.2) is 4.79 Å². The molecule has 8 heteroatoms. The van der Waals surface area contributed by atoms with Gasteiger partial charge in [-0.2, -0.15) is 0 Å². The third-order valence-electron chi connectivity index (χ3n) is 2.97. The Labute approximate surface area is 121 Å². The minimum absolute atomic E-state index is 0.0399. The van der Waals surface area contributed by atoms with Gasteiger partial charge in [0.15, 0.2) is 0 Å². The summed E-state index contributed by atoms with van der Waals surface area (Å²) in [6.07, 6.45) is 0.436. The Morgan fingerprint density at radius 2 is 2.24 bits per heavy atom. The number of hydrogen-bond acceptors (Lipinski definition) is 6. The molecular weight excluding hydrogens is 280 g/mol. The molecule has 1 rings (SSSR count). The maximum Gasteiger partial charge on any atom is 0.343 e. The number of rotatable bonds is 9. The number of benzene rings is 1. The number of aromatic carboxylic acids is 1. The summed E-state index contributed by atoms with van der Waals surface area (Å²) < 4.78 is 4.99. The van der Waals surface area contributed by atoms with Gasteiger partial charge >= 0.3 is 5.97 Å². The molecule has 0 aromatic heterocycles. The number of aliphatic hydroxyl groups is 1. The van der Waals surface area contributed by atoms with Crippen molar-refractivity contribution in [2.45, 2.75) is 19.0 Å². The Balaban J connectivity index is 2.94. The van der Waals surface area contributed by atoms with E-state index in [1.165, 1.54) is 19.2 Å². The lowest BCUT2D eigenvalue weighted by molar-refractivity contribution is -0.385. The molecule has 0 aliphatic carbocycles. The molecule has 0 aliphatic heterocycles. The molecule has 0 saturated carbocycles. The average molecular weight is 298 g/mol. The Morgan fingerprint density at radius 3 is 2.76 bits per heavy atom. The number of carboxylic acids is 1. The van der Waals surface area contributed by atoms with Crippen LogP contribution in [0, 0.1) is 10.1 Å². The Morgan fingerprint density at radius 1 is 1.52 bits per heavy atom. The van der Waals surface area contributed by atoms with Crippen molar-refractivity contribution >= 4 is 11.7 Å². The fraction of sp³-hybridized carbons (Fsp3) is 0.462. The van der Waals surface area contributed by atoms with Crippen LogP contribution in [0.15, 0.2) is 18.2 Å². The van der Waals surface area contributed by atoms with E-state index in [9.17, 15) is 20.0 Å². The van der Waals surface area contributed by atoms with E-state index in [-0.39, 0.29) is 24.8 Å². The zero-order chi connectivity index (χ0) is 15.8. The predicted octanol–water partition coefficient (Wildman–Crippen LogP) is 0.780. The van der Waals surface area contributed by atoms with E-state index in [2.05, 4.69) is 5.32 Å². The molecule has 1 aromatic carbocycles. The molecule has 0 radical (unpaired) electrons. The Hall–Kier alpha value is -2.03. The molecule has 0 aliphatic rings. The molecule has 1 aromatic rings. The summed E-state index contributed by atoms with van der Waals surface area (Å²) in [5.41, 5.74) is -0.446.